The standard InChI is InChI=1S/C29H60/c1-5-9-13-16-18-22-26-29(24-20-15-11-7-3)27-28(23-19-12-8-4)25-21-17-14-10-6-2/h28-29H,5-27H2,1-4H3. The normalized spacial score (nSPS) is 13.7. The van der Waals surface area contributed by atoms with E-state index in [9.17, 15) is 0 Å². The van der Waals surface area contributed by atoms with Crippen LogP contribution in [0, 0.1) is 11.8 Å². The molecule has 176 valence electrons. The Morgan fingerprint density at radius 1 is 0.310 bits per heavy atom. The summed E-state index contributed by atoms with van der Waals surface area (Å²) >= 11 is 0. The lowest BCUT2D eigenvalue weighted by Gasteiger charge is -2.24. The third kappa shape index (κ3) is 21.0. The van der Waals surface area contributed by atoms with Crippen LogP contribution in [0.3, 0.4) is 0 Å². The Kier molecular flexibility index (Phi) is 24.3. The molecule has 0 heteroatoms. The minimum Gasteiger partial charge on any atom is -0.0654 e. The summed E-state index contributed by atoms with van der Waals surface area (Å²) in [7, 11) is 0. The van der Waals surface area contributed by atoms with Gasteiger partial charge < -0.3 is 0 Å². The first kappa shape index (κ1) is 29.0. The molecule has 0 fully saturated rings. The van der Waals surface area contributed by atoms with Gasteiger partial charge in [0.2, 0.25) is 0 Å². The van der Waals surface area contributed by atoms with Gasteiger partial charge >= 0.3 is 0 Å². The van der Waals surface area contributed by atoms with E-state index in [-0.39, 0.29) is 0 Å². The molecule has 0 aromatic heterocycles. The van der Waals surface area contributed by atoms with Crippen molar-refractivity contribution in [3.8, 4) is 0 Å². The topological polar surface area (TPSA) is 0 Å². The van der Waals surface area contributed by atoms with E-state index in [2.05, 4.69) is 27.7 Å². The highest BCUT2D eigenvalue weighted by molar-refractivity contribution is 4.69. The molecule has 0 spiro atoms. The fraction of sp³-hybridized carbons (Fsp3) is 1.00. The lowest BCUT2D eigenvalue weighted by atomic mass is 9.82. The van der Waals surface area contributed by atoms with E-state index in [1.54, 1.807) is 6.42 Å². The lowest BCUT2D eigenvalue weighted by molar-refractivity contribution is 0.283. The van der Waals surface area contributed by atoms with Gasteiger partial charge in [-0.05, 0) is 18.3 Å². The van der Waals surface area contributed by atoms with Crippen LogP contribution in [0.4, 0.5) is 0 Å². The van der Waals surface area contributed by atoms with E-state index in [1.807, 2.05) is 0 Å². The summed E-state index contributed by atoms with van der Waals surface area (Å²) in [6.07, 6.45) is 33.8. The summed E-state index contributed by atoms with van der Waals surface area (Å²) in [5, 5.41) is 0. The molecule has 0 saturated heterocycles. The Morgan fingerprint density at radius 3 is 0.931 bits per heavy atom. The molecule has 0 saturated carbocycles. The van der Waals surface area contributed by atoms with Gasteiger partial charge in [-0.15, -0.1) is 0 Å². The van der Waals surface area contributed by atoms with Crippen molar-refractivity contribution in [3.63, 3.8) is 0 Å². The van der Waals surface area contributed by atoms with E-state index >= 15 is 0 Å². The second-order valence-corrected chi connectivity index (χ2v) is 10.1. The molecule has 2 atom stereocenters. The quantitative estimate of drug-likeness (QED) is 0.139. The average Bonchev–Trinajstić information content (AvgIpc) is 2.73. The van der Waals surface area contributed by atoms with Crippen LogP contribution in [-0.2, 0) is 0 Å². The van der Waals surface area contributed by atoms with Crippen LogP contribution in [0.5, 0.6) is 0 Å². The predicted octanol–water partition coefficient (Wildman–Crippen LogP) is 11.3. The van der Waals surface area contributed by atoms with Crippen LogP contribution < -0.4 is 0 Å². The highest BCUT2D eigenvalue weighted by atomic mass is 14.2. The van der Waals surface area contributed by atoms with Crippen molar-refractivity contribution in [1.82, 2.24) is 0 Å². The largest absolute Gasteiger partial charge is 0.0654 e. The molecule has 2 unspecified atom stereocenters. The number of rotatable bonds is 24. The zero-order valence-electron chi connectivity index (χ0n) is 21.4. The van der Waals surface area contributed by atoms with Crippen molar-refractivity contribution in [2.45, 2.75) is 175 Å². The minimum atomic E-state index is 1.03. The van der Waals surface area contributed by atoms with Gasteiger partial charge in [0.1, 0.15) is 0 Å². The molecule has 0 aliphatic carbocycles. The van der Waals surface area contributed by atoms with Crippen molar-refractivity contribution in [2.24, 2.45) is 11.8 Å². The zero-order valence-corrected chi connectivity index (χ0v) is 21.4. The first-order valence-corrected chi connectivity index (χ1v) is 14.3. The second-order valence-electron chi connectivity index (χ2n) is 10.1. The molecule has 29 heavy (non-hydrogen) atoms. The first-order valence-electron chi connectivity index (χ1n) is 14.3. The van der Waals surface area contributed by atoms with Crippen LogP contribution in [-0.4, -0.2) is 0 Å². The molecule has 0 radical (unpaired) electrons. The molecular weight excluding hydrogens is 348 g/mol. The lowest BCUT2D eigenvalue weighted by Crippen LogP contribution is -2.10. The molecule has 0 aromatic rings. The molecular formula is C29H60. The smallest absolute Gasteiger partial charge is 0.0412 e. The van der Waals surface area contributed by atoms with Gasteiger partial charge in [0, 0.05) is 0 Å². The molecule has 0 aromatic carbocycles. The molecule has 0 amide bonds. The van der Waals surface area contributed by atoms with E-state index in [1.165, 1.54) is 141 Å². The third-order valence-electron chi connectivity index (χ3n) is 7.03. The van der Waals surface area contributed by atoms with Crippen LogP contribution in [0.2, 0.25) is 0 Å². The predicted molar refractivity (Wildman–Crippen MR) is 136 cm³/mol. The van der Waals surface area contributed by atoms with Gasteiger partial charge in [-0.3, -0.25) is 0 Å². The highest BCUT2D eigenvalue weighted by Crippen LogP contribution is 2.31. The van der Waals surface area contributed by atoms with Gasteiger partial charge in [0.05, 0.1) is 0 Å². The van der Waals surface area contributed by atoms with E-state index in [4.69, 9.17) is 0 Å². The minimum absolute atomic E-state index is 1.03. The molecule has 0 nitrogen and oxygen atoms in total. The molecule has 0 rings (SSSR count). The van der Waals surface area contributed by atoms with Crippen LogP contribution in [0.15, 0.2) is 0 Å². The van der Waals surface area contributed by atoms with Crippen molar-refractivity contribution in [2.75, 3.05) is 0 Å². The average molecular weight is 409 g/mol. The summed E-state index contributed by atoms with van der Waals surface area (Å²) in [4.78, 5) is 0. The number of hydrogen-bond acceptors (Lipinski definition) is 0. The maximum atomic E-state index is 2.36. The summed E-state index contributed by atoms with van der Waals surface area (Å²) in [6.45, 7) is 9.36. The fourth-order valence-electron chi connectivity index (χ4n) is 5.02. The summed E-state index contributed by atoms with van der Waals surface area (Å²) < 4.78 is 0. The van der Waals surface area contributed by atoms with Crippen LogP contribution in [0.1, 0.15) is 175 Å². The van der Waals surface area contributed by atoms with Crippen LogP contribution >= 0.6 is 0 Å². The molecule has 0 bridgehead atoms. The number of hydrogen-bond donors (Lipinski definition) is 0. The first-order chi connectivity index (χ1) is 14.3. The van der Waals surface area contributed by atoms with Gasteiger partial charge in [-0.2, -0.15) is 0 Å². The molecule has 0 aliphatic heterocycles. The van der Waals surface area contributed by atoms with E-state index < -0.39 is 0 Å². The summed E-state index contributed by atoms with van der Waals surface area (Å²) in [5.74, 6) is 2.06. The van der Waals surface area contributed by atoms with E-state index in [0.29, 0.717) is 0 Å². The Morgan fingerprint density at radius 2 is 0.552 bits per heavy atom. The monoisotopic (exact) mass is 408 g/mol. The maximum Gasteiger partial charge on any atom is -0.0412 e. The van der Waals surface area contributed by atoms with Gasteiger partial charge in [0.15, 0.2) is 0 Å². The van der Waals surface area contributed by atoms with Crippen molar-refractivity contribution in [3.05, 3.63) is 0 Å². The fourth-order valence-corrected chi connectivity index (χ4v) is 5.02. The SMILES string of the molecule is CCCCCCCCC(CCCCCC)CC(CCCCC)CCCCCCC. The zero-order chi connectivity index (χ0) is 21.4. The molecule has 0 N–H and O–H groups in total. The Balaban J connectivity index is 4.41. The second kappa shape index (κ2) is 24.3. The van der Waals surface area contributed by atoms with Crippen molar-refractivity contribution >= 4 is 0 Å². The van der Waals surface area contributed by atoms with E-state index in [0.717, 1.165) is 11.8 Å². The Labute approximate surface area is 187 Å². The molecule has 0 heterocycles. The Bertz CT molecular complexity index is 282. The van der Waals surface area contributed by atoms with Crippen molar-refractivity contribution < 1.29 is 0 Å². The molecule has 0 aliphatic rings. The van der Waals surface area contributed by atoms with Gasteiger partial charge in [-0.25, -0.2) is 0 Å². The summed E-state index contributed by atoms with van der Waals surface area (Å²) in [5.41, 5.74) is 0. The third-order valence-corrected chi connectivity index (χ3v) is 7.03. The maximum absolute atomic E-state index is 2.36. The number of unbranched alkanes of at least 4 members (excludes halogenated alkanes) is 14. The highest BCUT2D eigenvalue weighted by Gasteiger charge is 2.16. The van der Waals surface area contributed by atoms with Gasteiger partial charge in [-0.1, -0.05) is 169 Å². The van der Waals surface area contributed by atoms with Crippen molar-refractivity contribution in [1.29, 1.82) is 0 Å². The summed E-state index contributed by atoms with van der Waals surface area (Å²) in [6, 6.07) is 0. The Hall–Kier alpha value is 0. The van der Waals surface area contributed by atoms with Crippen LogP contribution in [0.25, 0.3) is 0 Å². The van der Waals surface area contributed by atoms with Gasteiger partial charge in [0.25, 0.3) is 0 Å².